The number of urea groups is 1. The van der Waals surface area contributed by atoms with Crippen LogP contribution in [-0.4, -0.2) is 36.0 Å². The lowest BCUT2D eigenvalue weighted by Gasteiger charge is -2.33. The van der Waals surface area contributed by atoms with Crippen molar-refractivity contribution in [2.75, 3.05) is 13.1 Å². The summed E-state index contributed by atoms with van der Waals surface area (Å²) in [6.45, 7) is 3.66. The standard InChI is InChI=1S/C16H23N3O2/c1-12-6-5-9-19(11-12)15(20)14(18-16(17)21)10-13-7-3-2-4-8-13/h2-4,7-8,12,14H,5-6,9-11H2,1H3,(H3,17,18,21)/t12-,14+/m1/s1. The van der Waals surface area contributed by atoms with E-state index in [0.717, 1.165) is 31.5 Å². The molecule has 0 radical (unpaired) electrons. The van der Waals surface area contributed by atoms with Gasteiger partial charge in [-0.2, -0.15) is 0 Å². The van der Waals surface area contributed by atoms with Crippen LogP contribution < -0.4 is 11.1 Å². The van der Waals surface area contributed by atoms with E-state index in [1.807, 2.05) is 35.2 Å². The number of nitrogens with one attached hydrogen (secondary N) is 1. The number of nitrogens with zero attached hydrogens (tertiary/aromatic N) is 1. The Bertz CT molecular complexity index is 490. The zero-order valence-corrected chi connectivity index (χ0v) is 12.4. The minimum Gasteiger partial charge on any atom is -0.352 e. The van der Waals surface area contributed by atoms with Crippen molar-refractivity contribution in [3.05, 3.63) is 35.9 Å². The maximum absolute atomic E-state index is 12.6. The van der Waals surface area contributed by atoms with E-state index in [1.165, 1.54) is 0 Å². The van der Waals surface area contributed by atoms with E-state index in [1.54, 1.807) is 0 Å². The first kappa shape index (κ1) is 15.4. The number of benzene rings is 1. The van der Waals surface area contributed by atoms with Gasteiger partial charge in [0.05, 0.1) is 0 Å². The SMILES string of the molecule is C[C@@H]1CCCN(C(=O)[C@H](Cc2ccccc2)NC(N)=O)C1. The summed E-state index contributed by atoms with van der Waals surface area (Å²) in [6, 6.07) is 8.41. The van der Waals surface area contributed by atoms with E-state index in [9.17, 15) is 9.59 Å². The Morgan fingerprint density at radius 2 is 2.10 bits per heavy atom. The summed E-state index contributed by atoms with van der Waals surface area (Å²) < 4.78 is 0. The number of primary amides is 1. The van der Waals surface area contributed by atoms with E-state index in [4.69, 9.17) is 5.73 Å². The van der Waals surface area contributed by atoms with Gasteiger partial charge in [-0.15, -0.1) is 0 Å². The second-order valence-electron chi connectivity index (χ2n) is 5.78. The highest BCUT2D eigenvalue weighted by Crippen LogP contribution is 2.17. The molecule has 3 N–H and O–H groups in total. The van der Waals surface area contributed by atoms with Crippen LogP contribution in [0.2, 0.25) is 0 Å². The van der Waals surface area contributed by atoms with Crippen LogP contribution in [0.5, 0.6) is 0 Å². The van der Waals surface area contributed by atoms with Crippen LogP contribution in [0.1, 0.15) is 25.3 Å². The molecule has 0 unspecified atom stereocenters. The van der Waals surface area contributed by atoms with Gasteiger partial charge in [-0.05, 0) is 24.3 Å². The molecule has 5 heteroatoms. The summed E-state index contributed by atoms with van der Waals surface area (Å²) in [5.41, 5.74) is 6.23. The summed E-state index contributed by atoms with van der Waals surface area (Å²) in [4.78, 5) is 25.7. The molecular weight excluding hydrogens is 266 g/mol. The first-order chi connectivity index (χ1) is 10.1. The van der Waals surface area contributed by atoms with Crippen LogP contribution in [0, 0.1) is 5.92 Å². The Labute approximate surface area is 125 Å². The number of likely N-dealkylation sites (tertiary alicyclic amines) is 1. The molecule has 114 valence electrons. The third kappa shape index (κ3) is 4.48. The second-order valence-corrected chi connectivity index (χ2v) is 5.78. The molecule has 2 rings (SSSR count). The summed E-state index contributed by atoms with van der Waals surface area (Å²) >= 11 is 0. The highest BCUT2D eigenvalue weighted by molar-refractivity contribution is 5.87. The number of amides is 3. The van der Waals surface area contributed by atoms with Gasteiger partial charge in [0.1, 0.15) is 6.04 Å². The smallest absolute Gasteiger partial charge is 0.312 e. The molecule has 0 saturated carbocycles. The Balaban J connectivity index is 2.07. The first-order valence-corrected chi connectivity index (χ1v) is 7.45. The maximum atomic E-state index is 12.6. The predicted octanol–water partition coefficient (Wildman–Crippen LogP) is 1.52. The molecule has 5 nitrogen and oxygen atoms in total. The number of hydrogen-bond acceptors (Lipinski definition) is 2. The van der Waals surface area contributed by atoms with Crippen molar-refractivity contribution < 1.29 is 9.59 Å². The maximum Gasteiger partial charge on any atom is 0.312 e. The van der Waals surface area contributed by atoms with E-state index in [0.29, 0.717) is 12.3 Å². The van der Waals surface area contributed by atoms with Gasteiger partial charge in [0.2, 0.25) is 5.91 Å². The van der Waals surface area contributed by atoms with Gasteiger partial charge in [-0.1, -0.05) is 37.3 Å². The van der Waals surface area contributed by atoms with Crippen LogP contribution in [-0.2, 0) is 11.2 Å². The van der Waals surface area contributed by atoms with Gasteiger partial charge in [0.25, 0.3) is 0 Å². The van der Waals surface area contributed by atoms with Gasteiger partial charge in [0.15, 0.2) is 0 Å². The van der Waals surface area contributed by atoms with Gasteiger partial charge in [-0.25, -0.2) is 4.79 Å². The van der Waals surface area contributed by atoms with Crippen LogP contribution in [0.4, 0.5) is 4.79 Å². The van der Waals surface area contributed by atoms with Gasteiger partial charge < -0.3 is 16.0 Å². The fourth-order valence-electron chi connectivity index (χ4n) is 2.83. The topological polar surface area (TPSA) is 75.4 Å². The lowest BCUT2D eigenvalue weighted by Crippen LogP contribution is -2.53. The van der Waals surface area contributed by atoms with Crippen LogP contribution in [0.3, 0.4) is 0 Å². The Hall–Kier alpha value is -2.04. The molecule has 1 heterocycles. The minimum atomic E-state index is -0.658. The monoisotopic (exact) mass is 289 g/mol. The number of carbonyl (C=O) groups is 2. The molecule has 1 aromatic carbocycles. The molecule has 1 aliphatic heterocycles. The molecule has 21 heavy (non-hydrogen) atoms. The molecule has 1 saturated heterocycles. The van der Waals surface area contributed by atoms with Gasteiger partial charge in [-0.3, -0.25) is 4.79 Å². The van der Waals surface area contributed by atoms with Crippen molar-refractivity contribution in [3.8, 4) is 0 Å². The molecule has 3 amide bonds. The van der Waals surface area contributed by atoms with Gasteiger partial charge in [0, 0.05) is 19.5 Å². The molecule has 0 bridgehead atoms. The molecule has 1 aromatic rings. The number of hydrogen-bond donors (Lipinski definition) is 2. The molecule has 1 aliphatic rings. The van der Waals surface area contributed by atoms with Crippen molar-refractivity contribution >= 4 is 11.9 Å². The average molecular weight is 289 g/mol. The quantitative estimate of drug-likeness (QED) is 0.882. The van der Waals surface area contributed by atoms with Crippen LogP contribution in [0.15, 0.2) is 30.3 Å². The first-order valence-electron chi connectivity index (χ1n) is 7.45. The number of nitrogens with two attached hydrogens (primary N) is 1. The number of piperidine rings is 1. The van der Waals surface area contributed by atoms with Crippen LogP contribution >= 0.6 is 0 Å². The molecule has 0 spiro atoms. The normalized spacial score (nSPS) is 19.9. The highest BCUT2D eigenvalue weighted by atomic mass is 16.2. The zero-order valence-electron chi connectivity index (χ0n) is 12.4. The predicted molar refractivity (Wildman–Crippen MR) is 81.6 cm³/mol. The summed E-state index contributed by atoms with van der Waals surface area (Å²) in [7, 11) is 0. The minimum absolute atomic E-state index is 0.0378. The lowest BCUT2D eigenvalue weighted by molar-refractivity contribution is -0.134. The van der Waals surface area contributed by atoms with Gasteiger partial charge >= 0.3 is 6.03 Å². The average Bonchev–Trinajstić information content (AvgIpc) is 2.46. The van der Waals surface area contributed by atoms with E-state index in [-0.39, 0.29) is 5.91 Å². The number of carbonyl (C=O) groups excluding carboxylic acids is 2. The van der Waals surface area contributed by atoms with Crippen molar-refractivity contribution in [2.45, 2.75) is 32.2 Å². The molecule has 0 aromatic heterocycles. The Kier molecular flexibility index (Phi) is 5.20. The third-order valence-electron chi connectivity index (χ3n) is 3.87. The molecular formula is C16H23N3O2. The van der Waals surface area contributed by atoms with Crippen molar-refractivity contribution in [3.63, 3.8) is 0 Å². The summed E-state index contributed by atoms with van der Waals surface area (Å²) in [5, 5.41) is 2.59. The van der Waals surface area contributed by atoms with Crippen molar-refractivity contribution in [2.24, 2.45) is 11.7 Å². The summed E-state index contributed by atoms with van der Waals surface area (Å²) in [6.07, 6.45) is 2.63. The fourth-order valence-corrected chi connectivity index (χ4v) is 2.83. The fraction of sp³-hybridized carbons (Fsp3) is 0.500. The number of rotatable bonds is 4. The zero-order chi connectivity index (χ0) is 15.2. The van der Waals surface area contributed by atoms with E-state index >= 15 is 0 Å². The third-order valence-corrected chi connectivity index (χ3v) is 3.87. The lowest BCUT2D eigenvalue weighted by atomic mass is 9.98. The van der Waals surface area contributed by atoms with Crippen molar-refractivity contribution in [1.82, 2.24) is 10.2 Å². The van der Waals surface area contributed by atoms with Crippen LogP contribution in [0.25, 0.3) is 0 Å². The Morgan fingerprint density at radius 1 is 1.38 bits per heavy atom. The largest absolute Gasteiger partial charge is 0.352 e. The molecule has 2 atom stereocenters. The van der Waals surface area contributed by atoms with E-state index < -0.39 is 12.1 Å². The van der Waals surface area contributed by atoms with E-state index in [2.05, 4.69) is 12.2 Å². The molecule has 1 fully saturated rings. The summed E-state index contributed by atoms with van der Waals surface area (Å²) in [5.74, 6) is 0.470. The Morgan fingerprint density at radius 3 is 2.71 bits per heavy atom. The molecule has 0 aliphatic carbocycles. The van der Waals surface area contributed by atoms with Crippen molar-refractivity contribution in [1.29, 1.82) is 0 Å². The highest BCUT2D eigenvalue weighted by Gasteiger charge is 2.28. The second kappa shape index (κ2) is 7.11.